The summed E-state index contributed by atoms with van der Waals surface area (Å²) >= 11 is 3.58. The molecule has 0 radical (unpaired) electrons. The molecule has 0 saturated heterocycles. The molecule has 0 unspecified atom stereocenters. The second-order valence-electron chi connectivity index (χ2n) is 2.56. The molecule has 1 aliphatic carbocycles. The largest absolute Gasteiger partial charge is 0.245 e. The molecule has 0 aromatic carbocycles. The van der Waals surface area contributed by atoms with Crippen LogP contribution in [0.1, 0.15) is 17.8 Å². The maximum absolute atomic E-state index is 12.3. The van der Waals surface area contributed by atoms with Crippen molar-refractivity contribution in [2.24, 2.45) is 0 Å². The highest BCUT2D eigenvalue weighted by Gasteiger charge is 2.14. The molecule has 0 aliphatic heterocycles. The van der Waals surface area contributed by atoms with Crippen molar-refractivity contribution in [3.63, 3.8) is 0 Å². The van der Waals surface area contributed by atoms with Gasteiger partial charge in [-0.05, 0) is 23.4 Å². The van der Waals surface area contributed by atoms with Crippen LogP contribution < -0.4 is 0 Å². The summed E-state index contributed by atoms with van der Waals surface area (Å²) in [6, 6.07) is 0. The van der Waals surface area contributed by atoms with Gasteiger partial charge < -0.3 is 0 Å². The Morgan fingerprint density at radius 3 is 3.17 bits per heavy atom. The van der Waals surface area contributed by atoms with Gasteiger partial charge in [-0.25, -0.2) is 8.96 Å². The van der Waals surface area contributed by atoms with E-state index < -0.39 is 0 Å². The summed E-state index contributed by atoms with van der Waals surface area (Å²) in [6.45, 7) is 0. The molecule has 2 nitrogen and oxygen atoms in total. The van der Waals surface area contributed by atoms with Gasteiger partial charge in [0.2, 0.25) is 0 Å². The fourth-order valence-electron chi connectivity index (χ4n) is 1.23. The van der Waals surface area contributed by atoms with Gasteiger partial charge in [-0.3, -0.25) is 0 Å². The average molecular weight is 249 g/mol. The number of hydrogen-bond acceptors (Lipinski definition) is 2. The number of nitrogens with zero attached hydrogens (tertiary/aromatic N) is 2. The van der Waals surface area contributed by atoms with Crippen molar-refractivity contribution in [2.45, 2.75) is 12.8 Å². The Bertz CT molecular complexity index is 334. The maximum Gasteiger partial charge on any atom is 0.171 e. The van der Waals surface area contributed by atoms with Crippen LogP contribution >= 0.6 is 28.3 Å². The predicted octanol–water partition coefficient (Wildman–Crippen LogP) is 2.95. The van der Waals surface area contributed by atoms with Crippen molar-refractivity contribution >= 4 is 34.3 Å². The first kappa shape index (κ1) is 8.31. The molecule has 0 N–H and O–H groups in total. The van der Waals surface area contributed by atoms with Gasteiger partial charge >= 0.3 is 0 Å². The molecular weight excluding hydrogens is 243 g/mol. The third-order valence-electron chi connectivity index (χ3n) is 1.82. The number of hydrogen-bond donors (Lipinski definition) is 0. The topological polar surface area (TPSA) is 17.8 Å². The summed E-state index contributed by atoms with van der Waals surface area (Å²) in [5.74, 6) is 0. The van der Waals surface area contributed by atoms with Crippen molar-refractivity contribution < 1.29 is 3.89 Å². The summed E-state index contributed by atoms with van der Waals surface area (Å²) in [7, 11) is 0. The van der Waals surface area contributed by atoms with E-state index >= 15 is 0 Å². The number of allylic oxidation sites excluding steroid dienone is 1. The SMILES string of the molecule is FSn1cnc2c1C=C(Br)CC2. The number of halogens is 2. The quantitative estimate of drug-likeness (QED) is 0.761. The third kappa shape index (κ3) is 1.31. The standard InChI is InChI=1S/C7H6BrFN2S/c8-5-1-2-6-7(3-5)11(12-9)4-10-6/h3-4H,1-2H2. The van der Waals surface area contributed by atoms with Crippen LogP contribution in [0, 0.1) is 0 Å². The second kappa shape index (κ2) is 3.22. The molecule has 0 saturated carbocycles. The molecular formula is C7H6BrFN2S. The van der Waals surface area contributed by atoms with E-state index in [9.17, 15) is 3.89 Å². The predicted molar refractivity (Wildman–Crippen MR) is 51.5 cm³/mol. The van der Waals surface area contributed by atoms with Crippen molar-refractivity contribution in [2.75, 3.05) is 0 Å². The summed E-state index contributed by atoms with van der Waals surface area (Å²) < 4.78 is 14.8. The normalized spacial score (nSPS) is 15.7. The molecule has 0 bridgehead atoms. The molecule has 1 heterocycles. The van der Waals surface area contributed by atoms with Crippen LogP contribution in [-0.4, -0.2) is 8.96 Å². The van der Waals surface area contributed by atoms with E-state index in [1.807, 2.05) is 6.08 Å². The van der Waals surface area contributed by atoms with Crippen molar-refractivity contribution in [1.29, 1.82) is 0 Å². The highest BCUT2D eigenvalue weighted by molar-refractivity contribution is 9.11. The lowest BCUT2D eigenvalue weighted by Gasteiger charge is -2.07. The van der Waals surface area contributed by atoms with Gasteiger partial charge in [0.05, 0.1) is 11.4 Å². The highest BCUT2D eigenvalue weighted by Crippen LogP contribution is 2.28. The Kier molecular flexibility index (Phi) is 2.23. The fourth-order valence-corrected chi connectivity index (χ4v) is 1.96. The number of imidazole rings is 1. The fraction of sp³-hybridized carbons (Fsp3) is 0.286. The zero-order valence-corrected chi connectivity index (χ0v) is 8.53. The Labute approximate surface area is 82.4 Å². The van der Waals surface area contributed by atoms with Gasteiger partial charge in [0.25, 0.3) is 0 Å². The smallest absolute Gasteiger partial charge is 0.171 e. The summed E-state index contributed by atoms with van der Waals surface area (Å²) in [5.41, 5.74) is 1.84. The van der Waals surface area contributed by atoms with E-state index in [-0.39, 0.29) is 12.3 Å². The lowest BCUT2D eigenvalue weighted by atomic mass is 10.1. The lowest BCUT2D eigenvalue weighted by Crippen LogP contribution is -1.97. The van der Waals surface area contributed by atoms with Gasteiger partial charge in [0.1, 0.15) is 6.33 Å². The summed E-state index contributed by atoms with van der Waals surface area (Å²) in [6.07, 6.45) is 5.27. The molecule has 0 fully saturated rings. The Balaban J connectivity index is 2.49. The van der Waals surface area contributed by atoms with Crippen LogP contribution in [0.25, 0.3) is 6.08 Å². The van der Waals surface area contributed by atoms with Crippen LogP contribution in [0.2, 0.25) is 0 Å². The zero-order chi connectivity index (χ0) is 8.55. The molecule has 2 rings (SSSR count). The van der Waals surface area contributed by atoms with Crippen molar-refractivity contribution in [3.8, 4) is 0 Å². The zero-order valence-electron chi connectivity index (χ0n) is 6.13. The van der Waals surface area contributed by atoms with Gasteiger partial charge in [-0.2, -0.15) is 0 Å². The second-order valence-corrected chi connectivity index (χ2v) is 4.11. The average Bonchev–Trinajstić information content (AvgIpc) is 2.46. The monoisotopic (exact) mass is 248 g/mol. The molecule has 1 aromatic rings. The number of rotatable bonds is 1. The minimum atomic E-state index is 0.181. The van der Waals surface area contributed by atoms with Crippen molar-refractivity contribution in [3.05, 3.63) is 22.2 Å². The van der Waals surface area contributed by atoms with E-state index in [1.54, 1.807) is 0 Å². The summed E-state index contributed by atoms with van der Waals surface area (Å²) in [4.78, 5) is 4.10. The van der Waals surface area contributed by atoms with Crippen molar-refractivity contribution in [1.82, 2.24) is 8.96 Å². The first-order chi connectivity index (χ1) is 5.81. The van der Waals surface area contributed by atoms with E-state index in [1.165, 1.54) is 10.3 Å². The molecule has 1 aromatic heterocycles. The minimum Gasteiger partial charge on any atom is -0.245 e. The molecule has 1 aliphatic rings. The Morgan fingerprint density at radius 2 is 2.42 bits per heavy atom. The molecule has 0 amide bonds. The molecule has 0 atom stereocenters. The minimum absolute atomic E-state index is 0.181. The molecule has 64 valence electrons. The Morgan fingerprint density at radius 1 is 1.58 bits per heavy atom. The van der Waals surface area contributed by atoms with E-state index in [2.05, 4.69) is 20.9 Å². The van der Waals surface area contributed by atoms with Gasteiger partial charge in [-0.1, -0.05) is 15.9 Å². The van der Waals surface area contributed by atoms with Gasteiger partial charge in [0.15, 0.2) is 12.3 Å². The maximum atomic E-state index is 12.3. The van der Waals surface area contributed by atoms with Gasteiger partial charge in [-0.15, -0.1) is 3.89 Å². The number of aryl methyl sites for hydroxylation is 1. The van der Waals surface area contributed by atoms with E-state index in [4.69, 9.17) is 0 Å². The van der Waals surface area contributed by atoms with Gasteiger partial charge in [0, 0.05) is 0 Å². The van der Waals surface area contributed by atoms with Crippen LogP contribution in [-0.2, 0) is 6.42 Å². The van der Waals surface area contributed by atoms with Crippen LogP contribution in [0.5, 0.6) is 0 Å². The molecule has 12 heavy (non-hydrogen) atoms. The highest BCUT2D eigenvalue weighted by atomic mass is 79.9. The molecule has 5 heteroatoms. The first-order valence-corrected chi connectivity index (χ1v) is 4.99. The number of aromatic nitrogens is 2. The van der Waals surface area contributed by atoms with Crippen LogP contribution in [0.3, 0.4) is 0 Å². The van der Waals surface area contributed by atoms with Crippen LogP contribution in [0.15, 0.2) is 10.8 Å². The van der Waals surface area contributed by atoms with E-state index in [0.717, 1.165) is 28.7 Å². The number of fused-ring (bicyclic) bond motifs is 1. The molecule has 0 spiro atoms. The van der Waals surface area contributed by atoms with Crippen LogP contribution in [0.4, 0.5) is 3.89 Å². The van der Waals surface area contributed by atoms with E-state index in [0.29, 0.717) is 0 Å². The summed E-state index contributed by atoms with van der Waals surface area (Å²) in [5, 5.41) is 0. The third-order valence-corrected chi connectivity index (χ3v) is 2.88. The lowest BCUT2D eigenvalue weighted by molar-refractivity contribution is 0.908. The Hall–Kier alpha value is -0.290. The first-order valence-electron chi connectivity index (χ1n) is 3.52.